The fourth-order valence-corrected chi connectivity index (χ4v) is 2.30. The molecule has 0 unspecified atom stereocenters. The monoisotopic (exact) mass is 319 g/mol. The summed E-state index contributed by atoms with van der Waals surface area (Å²) in [5.74, 6) is 0. The van der Waals surface area contributed by atoms with E-state index >= 15 is 0 Å². The first-order chi connectivity index (χ1) is 6.40. The third kappa shape index (κ3) is 3.62. The van der Waals surface area contributed by atoms with Crippen molar-refractivity contribution in [1.82, 2.24) is 0 Å². The molecule has 0 aliphatic rings. The molecule has 78 valence electrons. The summed E-state index contributed by atoms with van der Waals surface area (Å²) in [5.41, 5.74) is 1.41. The minimum atomic E-state index is 0.286. The number of hydrogen-bond acceptors (Lipinski definition) is 1. The zero-order valence-corrected chi connectivity index (χ0v) is 11.9. The molecule has 0 bridgehead atoms. The predicted molar refractivity (Wildman–Crippen MR) is 69.8 cm³/mol. The molecule has 0 amide bonds. The van der Waals surface area contributed by atoms with Gasteiger partial charge < -0.3 is 5.32 Å². The van der Waals surface area contributed by atoms with Crippen LogP contribution in [0.15, 0.2) is 27.1 Å². The Morgan fingerprint density at radius 3 is 2.07 bits per heavy atom. The lowest BCUT2D eigenvalue weighted by atomic mass is 9.97. The van der Waals surface area contributed by atoms with Crippen LogP contribution in [-0.2, 0) is 0 Å². The van der Waals surface area contributed by atoms with Crippen LogP contribution in [0.5, 0.6) is 0 Å². The Labute approximate surface area is 103 Å². The van der Waals surface area contributed by atoms with Crippen LogP contribution in [0.1, 0.15) is 20.8 Å². The van der Waals surface area contributed by atoms with Crippen molar-refractivity contribution in [3.63, 3.8) is 0 Å². The van der Waals surface area contributed by atoms with Gasteiger partial charge in [-0.3, -0.25) is 0 Å². The van der Waals surface area contributed by atoms with E-state index in [1.54, 1.807) is 0 Å². The van der Waals surface area contributed by atoms with E-state index in [9.17, 15) is 0 Å². The van der Waals surface area contributed by atoms with Crippen LogP contribution in [0.3, 0.4) is 0 Å². The fourth-order valence-electron chi connectivity index (χ4n) is 1.02. The van der Waals surface area contributed by atoms with E-state index in [0.717, 1.165) is 21.2 Å². The molecule has 0 aliphatic heterocycles. The molecule has 1 rings (SSSR count). The van der Waals surface area contributed by atoms with Gasteiger partial charge in [0.15, 0.2) is 0 Å². The third-order valence-corrected chi connectivity index (χ3v) is 3.08. The molecule has 0 radical (unpaired) electrons. The van der Waals surface area contributed by atoms with Crippen LogP contribution in [0.4, 0.5) is 5.69 Å². The van der Waals surface area contributed by atoms with Crippen molar-refractivity contribution >= 4 is 37.5 Å². The molecule has 0 heterocycles. The Morgan fingerprint density at radius 1 is 1.14 bits per heavy atom. The van der Waals surface area contributed by atoms with Gasteiger partial charge in [-0.15, -0.1) is 0 Å². The fraction of sp³-hybridized carbons (Fsp3) is 0.455. The van der Waals surface area contributed by atoms with Crippen molar-refractivity contribution in [2.75, 3.05) is 11.9 Å². The summed E-state index contributed by atoms with van der Waals surface area (Å²) in [7, 11) is 0. The molecule has 1 nitrogen and oxygen atoms in total. The van der Waals surface area contributed by atoms with E-state index in [0.29, 0.717) is 0 Å². The number of anilines is 1. The van der Waals surface area contributed by atoms with Crippen LogP contribution in [0.2, 0.25) is 0 Å². The first-order valence-corrected chi connectivity index (χ1v) is 6.17. The van der Waals surface area contributed by atoms with Crippen molar-refractivity contribution in [2.24, 2.45) is 5.41 Å². The Hall–Kier alpha value is -0.0200. The van der Waals surface area contributed by atoms with Crippen molar-refractivity contribution in [3.8, 4) is 0 Å². The van der Waals surface area contributed by atoms with Crippen LogP contribution < -0.4 is 5.32 Å². The van der Waals surface area contributed by atoms with E-state index in [1.165, 1.54) is 0 Å². The van der Waals surface area contributed by atoms with Gasteiger partial charge in [0, 0.05) is 15.5 Å². The van der Waals surface area contributed by atoms with Crippen molar-refractivity contribution in [2.45, 2.75) is 20.8 Å². The van der Waals surface area contributed by atoms with Gasteiger partial charge in [-0.05, 0) is 49.4 Å². The number of benzene rings is 1. The zero-order valence-electron chi connectivity index (χ0n) is 8.70. The summed E-state index contributed by atoms with van der Waals surface area (Å²) in [5, 5.41) is 3.43. The minimum Gasteiger partial charge on any atom is -0.383 e. The van der Waals surface area contributed by atoms with Gasteiger partial charge in [0.25, 0.3) is 0 Å². The highest BCUT2D eigenvalue weighted by atomic mass is 79.9. The van der Waals surface area contributed by atoms with Crippen molar-refractivity contribution < 1.29 is 0 Å². The molecular weight excluding hydrogens is 306 g/mol. The molecule has 1 N–H and O–H groups in total. The first-order valence-electron chi connectivity index (χ1n) is 4.58. The van der Waals surface area contributed by atoms with Crippen molar-refractivity contribution in [1.29, 1.82) is 0 Å². The predicted octanol–water partition coefficient (Wildman–Crippen LogP) is 4.67. The highest BCUT2D eigenvalue weighted by molar-refractivity contribution is 9.11. The molecule has 0 saturated heterocycles. The van der Waals surface area contributed by atoms with Gasteiger partial charge in [0.1, 0.15) is 0 Å². The van der Waals surface area contributed by atoms with Crippen LogP contribution in [-0.4, -0.2) is 6.54 Å². The van der Waals surface area contributed by atoms with Gasteiger partial charge in [-0.2, -0.15) is 0 Å². The number of rotatable bonds is 2. The largest absolute Gasteiger partial charge is 0.383 e. The molecule has 3 heteroatoms. The molecule has 0 fully saturated rings. The second-order valence-corrected chi connectivity index (χ2v) is 6.22. The molecule has 0 spiro atoms. The van der Waals surface area contributed by atoms with Crippen LogP contribution >= 0.6 is 31.9 Å². The van der Waals surface area contributed by atoms with E-state index in [-0.39, 0.29) is 5.41 Å². The normalized spacial score (nSPS) is 11.5. The maximum Gasteiger partial charge on any atom is 0.0629 e. The quantitative estimate of drug-likeness (QED) is 0.835. The molecule has 0 atom stereocenters. The highest BCUT2D eigenvalue weighted by Gasteiger charge is 2.11. The first kappa shape index (κ1) is 12.1. The molecule has 1 aromatic carbocycles. The lowest BCUT2D eigenvalue weighted by Gasteiger charge is -2.20. The Morgan fingerprint density at radius 2 is 1.64 bits per heavy atom. The van der Waals surface area contributed by atoms with E-state index < -0.39 is 0 Å². The average Bonchev–Trinajstić information content (AvgIpc) is 2.01. The standard InChI is InChI=1S/C11H15Br2N/c1-11(2,3)7-14-10-8(12)5-4-6-9(10)13/h4-6,14H,7H2,1-3H3. The van der Waals surface area contributed by atoms with Crippen molar-refractivity contribution in [3.05, 3.63) is 27.1 Å². The van der Waals surface area contributed by atoms with Gasteiger partial charge in [-0.25, -0.2) is 0 Å². The zero-order chi connectivity index (χ0) is 10.8. The van der Waals surface area contributed by atoms with Gasteiger partial charge >= 0.3 is 0 Å². The number of hydrogen-bond donors (Lipinski definition) is 1. The number of nitrogens with one attached hydrogen (secondary N) is 1. The van der Waals surface area contributed by atoms with Gasteiger partial charge in [-0.1, -0.05) is 26.8 Å². The second kappa shape index (κ2) is 4.67. The minimum absolute atomic E-state index is 0.286. The summed E-state index contributed by atoms with van der Waals surface area (Å²) in [4.78, 5) is 0. The molecule has 1 aromatic rings. The van der Waals surface area contributed by atoms with Crippen LogP contribution in [0.25, 0.3) is 0 Å². The second-order valence-electron chi connectivity index (χ2n) is 4.51. The van der Waals surface area contributed by atoms with E-state index in [4.69, 9.17) is 0 Å². The number of para-hydroxylation sites is 1. The van der Waals surface area contributed by atoms with E-state index in [2.05, 4.69) is 57.9 Å². The summed E-state index contributed by atoms with van der Waals surface area (Å²) in [6.07, 6.45) is 0. The molecule has 0 aliphatic carbocycles. The summed E-state index contributed by atoms with van der Waals surface area (Å²) >= 11 is 7.04. The lowest BCUT2D eigenvalue weighted by molar-refractivity contribution is 0.443. The van der Waals surface area contributed by atoms with Gasteiger partial charge in [0.05, 0.1) is 5.69 Å². The third-order valence-electron chi connectivity index (χ3n) is 1.76. The maximum atomic E-state index is 3.52. The SMILES string of the molecule is CC(C)(C)CNc1c(Br)cccc1Br. The maximum absolute atomic E-state index is 3.52. The Bertz CT molecular complexity index is 295. The Balaban J connectivity index is 2.77. The molecule has 14 heavy (non-hydrogen) atoms. The topological polar surface area (TPSA) is 12.0 Å². The summed E-state index contributed by atoms with van der Waals surface area (Å²) in [6, 6.07) is 6.09. The highest BCUT2D eigenvalue weighted by Crippen LogP contribution is 2.31. The Kier molecular flexibility index (Phi) is 4.02. The smallest absolute Gasteiger partial charge is 0.0629 e. The molecule has 0 aromatic heterocycles. The summed E-state index contributed by atoms with van der Waals surface area (Å²) in [6.45, 7) is 7.59. The number of halogens is 2. The molecular formula is C11H15Br2N. The summed E-state index contributed by atoms with van der Waals surface area (Å²) < 4.78 is 2.19. The van der Waals surface area contributed by atoms with E-state index in [1.807, 2.05) is 18.2 Å². The van der Waals surface area contributed by atoms with Crippen LogP contribution in [0, 0.1) is 5.41 Å². The van der Waals surface area contributed by atoms with Gasteiger partial charge in [0.2, 0.25) is 0 Å². The lowest BCUT2D eigenvalue weighted by Crippen LogP contribution is -2.19. The molecule has 0 saturated carbocycles. The average molecular weight is 321 g/mol.